The Morgan fingerprint density at radius 1 is 1.35 bits per heavy atom. The Morgan fingerprint density at radius 2 is 2.00 bits per heavy atom. The Bertz CT molecular complexity index is 380. The molecular formula is C14H19NO2. The molecule has 1 aromatic rings. The molecule has 17 heavy (non-hydrogen) atoms. The van der Waals surface area contributed by atoms with Crippen molar-refractivity contribution in [2.24, 2.45) is 0 Å². The molecule has 0 atom stereocenters. The molecule has 92 valence electrons. The van der Waals surface area contributed by atoms with Gasteiger partial charge < -0.3 is 10.1 Å². The average molecular weight is 233 g/mol. The maximum absolute atomic E-state index is 11.8. The summed E-state index contributed by atoms with van der Waals surface area (Å²) in [5.74, 6) is 0.984. The highest BCUT2D eigenvalue weighted by Crippen LogP contribution is 2.26. The van der Waals surface area contributed by atoms with Crippen molar-refractivity contribution < 1.29 is 9.53 Å². The van der Waals surface area contributed by atoms with E-state index >= 15 is 0 Å². The van der Waals surface area contributed by atoms with Crippen molar-refractivity contribution in [3.05, 3.63) is 29.8 Å². The molecule has 1 saturated carbocycles. The van der Waals surface area contributed by atoms with Gasteiger partial charge in [0, 0.05) is 11.6 Å². The molecule has 0 bridgehead atoms. The number of nitrogens with one attached hydrogen (secondary N) is 1. The summed E-state index contributed by atoms with van der Waals surface area (Å²) in [7, 11) is 0. The van der Waals surface area contributed by atoms with Crippen molar-refractivity contribution in [1.82, 2.24) is 5.32 Å². The Kier molecular flexibility index (Phi) is 3.79. The molecule has 3 nitrogen and oxygen atoms in total. The molecule has 1 aromatic carbocycles. The lowest BCUT2D eigenvalue weighted by Gasteiger charge is -2.08. The van der Waals surface area contributed by atoms with Crippen LogP contribution in [0.15, 0.2) is 24.3 Å². The van der Waals surface area contributed by atoms with Gasteiger partial charge in [-0.1, -0.05) is 13.8 Å². The molecule has 3 heteroatoms. The van der Waals surface area contributed by atoms with Crippen molar-refractivity contribution in [1.29, 1.82) is 0 Å². The zero-order valence-electron chi connectivity index (χ0n) is 10.4. The van der Waals surface area contributed by atoms with E-state index in [9.17, 15) is 4.79 Å². The highest BCUT2D eigenvalue weighted by atomic mass is 16.5. The van der Waals surface area contributed by atoms with E-state index in [4.69, 9.17) is 4.74 Å². The lowest BCUT2D eigenvalue weighted by atomic mass is 10.1. The quantitative estimate of drug-likeness (QED) is 0.767. The molecule has 0 radical (unpaired) electrons. The molecule has 0 aliphatic heterocycles. The fourth-order valence-electron chi connectivity index (χ4n) is 1.50. The Labute approximate surface area is 102 Å². The topological polar surface area (TPSA) is 38.3 Å². The lowest BCUT2D eigenvalue weighted by Crippen LogP contribution is -2.29. The first-order valence-electron chi connectivity index (χ1n) is 6.18. The monoisotopic (exact) mass is 233 g/mol. The molecule has 1 aliphatic carbocycles. The lowest BCUT2D eigenvalue weighted by molar-refractivity contribution is 0.0988. The number of ether oxygens (including phenoxy) is 1. The van der Waals surface area contributed by atoms with E-state index < -0.39 is 0 Å². The summed E-state index contributed by atoms with van der Waals surface area (Å²) in [4.78, 5) is 11.8. The zero-order chi connectivity index (χ0) is 12.3. The number of rotatable bonds is 6. The number of ketones is 1. The van der Waals surface area contributed by atoms with E-state index in [0.717, 1.165) is 24.2 Å². The number of hydrogen-bond acceptors (Lipinski definition) is 3. The number of benzene rings is 1. The fraction of sp³-hybridized carbons (Fsp3) is 0.500. The van der Waals surface area contributed by atoms with Crippen LogP contribution in [0, 0.1) is 0 Å². The van der Waals surface area contributed by atoms with Gasteiger partial charge in [-0.25, -0.2) is 0 Å². The van der Waals surface area contributed by atoms with E-state index in [2.05, 4.69) is 5.32 Å². The minimum absolute atomic E-state index is 0.122. The third kappa shape index (κ3) is 3.86. The second-order valence-corrected chi connectivity index (χ2v) is 4.80. The third-order valence-electron chi connectivity index (χ3n) is 2.67. The van der Waals surface area contributed by atoms with Gasteiger partial charge in [0.05, 0.1) is 12.6 Å². The molecule has 0 aromatic heterocycles. The van der Waals surface area contributed by atoms with E-state index in [-0.39, 0.29) is 5.78 Å². The molecule has 0 saturated heterocycles. The SMILES string of the molecule is CC(C)NCC(=O)c1ccc(OC2CC2)cc1. The van der Waals surface area contributed by atoms with Crippen LogP contribution in [0.5, 0.6) is 5.75 Å². The summed E-state index contributed by atoms with van der Waals surface area (Å²) in [6.45, 7) is 4.44. The molecule has 0 heterocycles. The Morgan fingerprint density at radius 3 is 2.53 bits per heavy atom. The zero-order valence-corrected chi connectivity index (χ0v) is 10.4. The minimum atomic E-state index is 0.122. The first kappa shape index (κ1) is 12.1. The molecule has 0 amide bonds. The van der Waals surface area contributed by atoms with Gasteiger partial charge in [0.1, 0.15) is 5.75 Å². The number of carbonyl (C=O) groups excluding carboxylic acids is 1. The van der Waals surface area contributed by atoms with Crippen LogP contribution >= 0.6 is 0 Å². The van der Waals surface area contributed by atoms with Crippen molar-refractivity contribution in [2.75, 3.05) is 6.54 Å². The summed E-state index contributed by atoms with van der Waals surface area (Å²) in [6, 6.07) is 7.75. The van der Waals surface area contributed by atoms with Gasteiger partial charge in [0.25, 0.3) is 0 Å². The summed E-state index contributed by atoms with van der Waals surface area (Å²) in [5.41, 5.74) is 0.737. The van der Waals surface area contributed by atoms with Gasteiger partial charge in [0.15, 0.2) is 5.78 Å². The van der Waals surface area contributed by atoms with Crippen molar-refractivity contribution in [3.8, 4) is 5.75 Å². The molecule has 0 unspecified atom stereocenters. The van der Waals surface area contributed by atoms with Crippen LogP contribution in [0.2, 0.25) is 0 Å². The van der Waals surface area contributed by atoms with Gasteiger partial charge >= 0.3 is 0 Å². The van der Waals surface area contributed by atoms with Crippen molar-refractivity contribution >= 4 is 5.78 Å². The second-order valence-electron chi connectivity index (χ2n) is 4.80. The van der Waals surface area contributed by atoms with Crippen LogP contribution in [0.3, 0.4) is 0 Å². The highest BCUT2D eigenvalue weighted by molar-refractivity contribution is 5.97. The first-order valence-corrected chi connectivity index (χ1v) is 6.18. The Hall–Kier alpha value is -1.35. The van der Waals surface area contributed by atoms with Crippen LogP contribution in [0.4, 0.5) is 0 Å². The van der Waals surface area contributed by atoms with Crippen molar-refractivity contribution in [2.45, 2.75) is 38.8 Å². The third-order valence-corrected chi connectivity index (χ3v) is 2.67. The number of carbonyl (C=O) groups is 1. The van der Waals surface area contributed by atoms with Gasteiger partial charge in [-0.3, -0.25) is 4.79 Å². The largest absolute Gasteiger partial charge is 0.490 e. The highest BCUT2D eigenvalue weighted by Gasteiger charge is 2.23. The van der Waals surface area contributed by atoms with Crippen molar-refractivity contribution in [3.63, 3.8) is 0 Å². The van der Waals surface area contributed by atoms with Crippen LogP contribution in [-0.2, 0) is 0 Å². The van der Waals surface area contributed by atoms with Gasteiger partial charge in [-0.15, -0.1) is 0 Å². The molecule has 0 spiro atoms. The Balaban J connectivity index is 1.89. The summed E-state index contributed by atoms with van der Waals surface area (Å²) >= 11 is 0. The fourth-order valence-corrected chi connectivity index (χ4v) is 1.50. The molecular weight excluding hydrogens is 214 g/mol. The molecule has 1 aliphatic rings. The molecule has 1 fully saturated rings. The normalized spacial score (nSPS) is 15.0. The van der Waals surface area contributed by atoms with E-state index in [1.54, 1.807) is 0 Å². The summed E-state index contributed by atoms with van der Waals surface area (Å²) in [5, 5.41) is 3.12. The van der Waals surface area contributed by atoms with E-state index in [1.165, 1.54) is 0 Å². The first-order chi connectivity index (χ1) is 8.15. The maximum atomic E-state index is 11.8. The summed E-state index contributed by atoms with van der Waals surface area (Å²) in [6.07, 6.45) is 2.71. The van der Waals surface area contributed by atoms with Crippen LogP contribution < -0.4 is 10.1 Å². The maximum Gasteiger partial charge on any atom is 0.176 e. The van der Waals surface area contributed by atoms with Gasteiger partial charge in [0.2, 0.25) is 0 Å². The van der Waals surface area contributed by atoms with E-state index in [1.807, 2.05) is 38.1 Å². The van der Waals surface area contributed by atoms with E-state index in [0.29, 0.717) is 18.7 Å². The van der Waals surface area contributed by atoms with Crippen LogP contribution in [0.1, 0.15) is 37.0 Å². The predicted octanol–water partition coefficient (Wildman–Crippen LogP) is 2.41. The number of hydrogen-bond donors (Lipinski definition) is 1. The molecule has 1 N–H and O–H groups in total. The van der Waals surface area contributed by atoms with Crippen LogP contribution in [-0.4, -0.2) is 24.5 Å². The predicted molar refractivity (Wildman–Crippen MR) is 67.6 cm³/mol. The molecule has 2 rings (SSSR count). The standard InChI is InChI=1S/C14H19NO2/c1-10(2)15-9-14(16)11-3-5-12(6-4-11)17-13-7-8-13/h3-6,10,13,15H,7-9H2,1-2H3. The summed E-state index contributed by atoms with van der Waals surface area (Å²) < 4.78 is 5.63. The second kappa shape index (κ2) is 5.32. The smallest absolute Gasteiger partial charge is 0.176 e. The van der Waals surface area contributed by atoms with Gasteiger partial charge in [-0.2, -0.15) is 0 Å². The van der Waals surface area contributed by atoms with Crippen LogP contribution in [0.25, 0.3) is 0 Å². The minimum Gasteiger partial charge on any atom is -0.490 e. The number of Topliss-reactive ketones (excluding diaryl/α,β-unsaturated/α-hetero) is 1. The van der Waals surface area contributed by atoms with Gasteiger partial charge in [-0.05, 0) is 37.1 Å². The average Bonchev–Trinajstić information content (AvgIpc) is 3.11.